The Kier molecular flexibility index (Phi) is 5.59. The molecule has 1 aromatic carbocycles. The largest absolute Gasteiger partial charge is 0.443 e. The Morgan fingerprint density at radius 3 is 2.48 bits per heavy atom. The van der Waals surface area contributed by atoms with Crippen molar-refractivity contribution in [2.24, 2.45) is 5.10 Å². The van der Waals surface area contributed by atoms with Crippen LogP contribution in [0.1, 0.15) is 26.3 Å². The van der Waals surface area contributed by atoms with Gasteiger partial charge in [-0.25, -0.2) is 10.2 Å². The molecule has 7 nitrogen and oxygen atoms in total. The molecule has 0 aliphatic rings. The Labute approximate surface area is 122 Å². The lowest BCUT2D eigenvalue weighted by Gasteiger charge is -2.18. The van der Waals surface area contributed by atoms with Gasteiger partial charge in [-0.1, -0.05) is 6.08 Å². The minimum absolute atomic E-state index is 0.0346. The average molecular weight is 291 g/mol. The van der Waals surface area contributed by atoms with Crippen LogP contribution in [-0.2, 0) is 4.74 Å². The number of carbonyl (C=O) groups is 1. The van der Waals surface area contributed by atoms with Crippen LogP contribution in [0.5, 0.6) is 0 Å². The molecule has 0 bridgehead atoms. The van der Waals surface area contributed by atoms with Gasteiger partial charge in [0, 0.05) is 18.3 Å². The number of carbonyl (C=O) groups excluding carboxylic acids is 1. The number of hydrazone groups is 1. The minimum atomic E-state index is -0.637. The van der Waals surface area contributed by atoms with Gasteiger partial charge in [-0.05, 0) is 44.5 Å². The third kappa shape index (κ3) is 6.86. The summed E-state index contributed by atoms with van der Waals surface area (Å²) in [6, 6.07) is 6.05. The quantitative estimate of drug-likeness (QED) is 0.524. The van der Waals surface area contributed by atoms with Crippen LogP contribution in [0.2, 0.25) is 0 Å². The maximum absolute atomic E-state index is 11.3. The molecule has 0 aliphatic carbocycles. The van der Waals surface area contributed by atoms with E-state index in [-0.39, 0.29) is 5.69 Å². The zero-order valence-electron chi connectivity index (χ0n) is 12.1. The van der Waals surface area contributed by atoms with E-state index in [0.29, 0.717) is 0 Å². The van der Waals surface area contributed by atoms with Crippen molar-refractivity contribution in [1.29, 1.82) is 0 Å². The number of nitro groups is 1. The number of nitro benzene ring substituents is 1. The Bertz CT molecular complexity index is 557. The molecule has 1 amide bonds. The highest BCUT2D eigenvalue weighted by Gasteiger charge is 2.15. The highest BCUT2D eigenvalue weighted by Crippen LogP contribution is 2.12. The predicted molar refractivity (Wildman–Crippen MR) is 80.0 cm³/mol. The first-order chi connectivity index (χ1) is 9.78. The van der Waals surface area contributed by atoms with E-state index in [1.165, 1.54) is 18.3 Å². The molecule has 7 heteroatoms. The molecule has 112 valence electrons. The molecule has 0 heterocycles. The third-order valence-electron chi connectivity index (χ3n) is 2.11. The molecule has 21 heavy (non-hydrogen) atoms. The number of non-ortho nitro benzene ring substituents is 1. The van der Waals surface area contributed by atoms with E-state index in [9.17, 15) is 14.9 Å². The monoisotopic (exact) mass is 291 g/mol. The Morgan fingerprint density at radius 1 is 1.33 bits per heavy atom. The van der Waals surface area contributed by atoms with E-state index < -0.39 is 16.6 Å². The van der Waals surface area contributed by atoms with Crippen LogP contribution in [0.4, 0.5) is 10.5 Å². The highest BCUT2D eigenvalue weighted by molar-refractivity contribution is 5.79. The molecule has 1 aromatic rings. The summed E-state index contributed by atoms with van der Waals surface area (Å²) in [6.07, 6.45) is 4.04. The normalized spacial score (nSPS) is 11.8. The molecule has 0 atom stereocenters. The summed E-state index contributed by atoms with van der Waals surface area (Å²) >= 11 is 0. The van der Waals surface area contributed by atoms with Crippen molar-refractivity contribution in [3.8, 4) is 0 Å². The number of rotatable bonds is 4. The number of nitrogens with zero attached hydrogens (tertiary/aromatic N) is 2. The summed E-state index contributed by atoms with van der Waals surface area (Å²) in [4.78, 5) is 21.3. The molecule has 0 aromatic heterocycles. The SMILES string of the molecule is CC(C)(C)OC(=O)N/N=C\C=C\c1ccc([N+](=O)[O-])cc1. The number of ether oxygens (including phenoxy) is 1. The summed E-state index contributed by atoms with van der Waals surface area (Å²) in [5.74, 6) is 0. The number of nitrogens with one attached hydrogen (secondary N) is 1. The fourth-order valence-corrected chi connectivity index (χ4v) is 1.30. The fourth-order valence-electron chi connectivity index (χ4n) is 1.30. The van der Waals surface area contributed by atoms with Gasteiger partial charge < -0.3 is 4.74 Å². The van der Waals surface area contributed by atoms with Crippen LogP contribution in [0.3, 0.4) is 0 Å². The Hall–Kier alpha value is -2.70. The molecule has 0 unspecified atom stereocenters. The van der Waals surface area contributed by atoms with E-state index >= 15 is 0 Å². The number of amides is 1. The van der Waals surface area contributed by atoms with E-state index in [2.05, 4.69) is 10.5 Å². The maximum atomic E-state index is 11.3. The minimum Gasteiger partial charge on any atom is -0.443 e. The second kappa shape index (κ2) is 7.18. The number of hydrogen-bond donors (Lipinski definition) is 1. The van der Waals surface area contributed by atoms with Crippen molar-refractivity contribution in [2.75, 3.05) is 0 Å². The van der Waals surface area contributed by atoms with Crippen molar-refractivity contribution in [1.82, 2.24) is 5.43 Å². The van der Waals surface area contributed by atoms with E-state index in [4.69, 9.17) is 4.74 Å². The third-order valence-corrected chi connectivity index (χ3v) is 2.11. The Morgan fingerprint density at radius 2 is 1.95 bits per heavy atom. The molecule has 0 radical (unpaired) electrons. The molecule has 0 saturated heterocycles. The van der Waals surface area contributed by atoms with Gasteiger partial charge in [-0.3, -0.25) is 10.1 Å². The summed E-state index contributed by atoms with van der Waals surface area (Å²) in [5.41, 5.74) is 2.46. The van der Waals surface area contributed by atoms with Gasteiger partial charge in [-0.2, -0.15) is 5.10 Å². The van der Waals surface area contributed by atoms with Crippen LogP contribution in [0.25, 0.3) is 6.08 Å². The van der Waals surface area contributed by atoms with Crippen molar-refractivity contribution in [2.45, 2.75) is 26.4 Å². The van der Waals surface area contributed by atoms with Crippen LogP contribution in [-0.4, -0.2) is 22.8 Å². The molecule has 0 saturated carbocycles. The molecule has 1 rings (SSSR count). The highest BCUT2D eigenvalue weighted by atomic mass is 16.6. The standard InChI is InChI=1S/C14H17N3O4/c1-14(2,3)21-13(18)16-15-10-4-5-11-6-8-12(9-7-11)17(19)20/h4-10H,1-3H3,(H,16,18)/b5-4+,15-10-. The zero-order chi connectivity index (χ0) is 15.9. The summed E-state index contributed by atoms with van der Waals surface area (Å²) in [6.45, 7) is 5.26. The van der Waals surface area contributed by atoms with Crippen LogP contribution in [0.15, 0.2) is 35.4 Å². The number of allylic oxidation sites excluding steroid dienone is 1. The smallest absolute Gasteiger partial charge is 0.428 e. The molecular weight excluding hydrogens is 274 g/mol. The summed E-state index contributed by atoms with van der Waals surface area (Å²) < 4.78 is 4.99. The molecule has 0 fully saturated rings. The van der Waals surface area contributed by atoms with Gasteiger partial charge in [0.2, 0.25) is 0 Å². The Balaban J connectivity index is 2.45. The van der Waals surface area contributed by atoms with E-state index in [0.717, 1.165) is 5.56 Å². The number of benzene rings is 1. The van der Waals surface area contributed by atoms with Gasteiger partial charge in [0.1, 0.15) is 5.60 Å². The maximum Gasteiger partial charge on any atom is 0.428 e. The fraction of sp³-hybridized carbons (Fsp3) is 0.286. The first-order valence-electron chi connectivity index (χ1n) is 6.21. The van der Waals surface area contributed by atoms with Crippen molar-refractivity contribution in [3.63, 3.8) is 0 Å². The lowest BCUT2D eigenvalue weighted by Crippen LogP contribution is -2.29. The predicted octanol–water partition coefficient (Wildman–Crippen LogP) is 3.12. The van der Waals surface area contributed by atoms with Crippen LogP contribution < -0.4 is 5.43 Å². The second-order valence-corrected chi connectivity index (χ2v) is 5.10. The molecule has 0 aliphatic heterocycles. The van der Waals surface area contributed by atoms with Crippen molar-refractivity contribution >= 4 is 24.1 Å². The van der Waals surface area contributed by atoms with Gasteiger partial charge in [0.25, 0.3) is 5.69 Å². The first kappa shape index (κ1) is 16.4. The van der Waals surface area contributed by atoms with Gasteiger partial charge in [0.05, 0.1) is 4.92 Å². The zero-order valence-corrected chi connectivity index (χ0v) is 12.1. The summed E-state index contributed by atoms with van der Waals surface area (Å²) in [7, 11) is 0. The van der Waals surface area contributed by atoms with E-state index in [1.807, 2.05) is 0 Å². The molecule has 0 spiro atoms. The average Bonchev–Trinajstić information content (AvgIpc) is 2.36. The van der Waals surface area contributed by atoms with Gasteiger partial charge in [-0.15, -0.1) is 0 Å². The first-order valence-corrected chi connectivity index (χ1v) is 6.21. The molecular formula is C14H17N3O4. The topological polar surface area (TPSA) is 93.8 Å². The van der Waals surface area contributed by atoms with Gasteiger partial charge in [0.15, 0.2) is 0 Å². The lowest BCUT2D eigenvalue weighted by atomic mass is 10.2. The van der Waals surface area contributed by atoms with Crippen LogP contribution >= 0.6 is 0 Å². The van der Waals surface area contributed by atoms with Gasteiger partial charge >= 0.3 is 6.09 Å². The number of hydrogen-bond acceptors (Lipinski definition) is 5. The van der Waals surface area contributed by atoms with Crippen molar-refractivity contribution in [3.05, 3.63) is 46.0 Å². The van der Waals surface area contributed by atoms with E-state index in [1.54, 1.807) is 45.1 Å². The lowest BCUT2D eigenvalue weighted by molar-refractivity contribution is -0.384. The van der Waals surface area contributed by atoms with Crippen LogP contribution in [0, 0.1) is 10.1 Å². The second-order valence-electron chi connectivity index (χ2n) is 5.10. The summed E-state index contributed by atoms with van der Waals surface area (Å²) in [5, 5.41) is 14.2. The molecule has 1 N–H and O–H groups in total. The van der Waals surface area contributed by atoms with Crippen molar-refractivity contribution < 1.29 is 14.5 Å².